The summed E-state index contributed by atoms with van der Waals surface area (Å²) < 4.78 is 0. The molecule has 2 heteroatoms. The third-order valence-corrected chi connectivity index (χ3v) is 2.81. The van der Waals surface area contributed by atoms with Crippen LogP contribution in [0, 0.1) is 13.8 Å². The summed E-state index contributed by atoms with van der Waals surface area (Å²) in [4.78, 5) is 0. The van der Waals surface area contributed by atoms with Crippen molar-refractivity contribution in [2.75, 3.05) is 19.6 Å². The molecule has 1 aromatic rings. The van der Waals surface area contributed by atoms with Crippen molar-refractivity contribution in [3.63, 3.8) is 0 Å². The molecule has 0 heterocycles. The Morgan fingerprint density at radius 1 is 0.938 bits per heavy atom. The summed E-state index contributed by atoms with van der Waals surface area (Å²) in [6, 6.07) is 6.66. The van der Waals surface area contributed by atoms with Crippen LogP contribution in [0.2, 0.25) is 0 Å². The summed E-state index contributed by atoms with van der Waals surface area (Å²) in [6.45, 7) is 10.7. The van der Waals surface area contributed by atoms with Gasteiger partial charge in [-0.1, -0.05) is 25.1 Å². The number of aryl methyl sites for hydroxylation is 2. The molecule has 1 aromatic carbocycles. The van der Waals surface area contributed by atoms with Crippen LogP contribution in [0.25, 0.3) is 0 Å². The second-order valence-electron chi connectivity index (χ2n) is 4.35. The van der Waals surface area contributed by atoms with Gasteiger partial charge < -0.3 is 10.6 Å². The standard InChI is InChI=1S/C14H24N2/c1-4-7-15-8-9-16-11-14-6-5-12(2)13(3)10-14/h5-6,10,15-16H,4,7-9,11H2,1-3H3. The van der Waals surface area contributed by atoms with Crippen LogP contribution in [0.5, 0.6) is 0 Å². The first-order valence-electron chi connectivity index (χ1n) is 6.21. The second-order valence-corrected chi connectivity index (χ2v) is 4.35. The number of rotatable bonds is 7. The Hall–Kier alpha value is -0.860. The van der Waals surface area contributed by atoms with Crippen LogP contribution in [0.1, 0.15) is 30.0 Å². The van der Waals surface area contributed by atoms with Crippen LogP contribution in [-0.4, -0.2) is 19.6 Å². The van der Waals surface area contributed by atoms with Crippen LogP contribution in [0.3, 0.4) is 0 Å². The maximum Gasteiger partial charge on any atom is 0.0206 e. The molecule has 0 saturated heterocycles. The fraction of sp³-hybridized carbons (Fsp3) is 0.571. The minimum Gasteiger partial charge on any atom is -0.315 e. The minimum atomic E-state index is 0.967. The summed E-state index contributed by atoms with van der Waals surface area (Å²) in [7, 11) is 0. The molecule has 0 bridgehead atoms. The molecule has 90 valence electrons. The van der Waals surface area contributed by atoms with E-state index in [1.165, 1.54) is 23.1 Å². The van der Waals surface area contributed by atoms with E-state index in [2.05, 4.69) is 49.6 Å². The first-order valence-corrected chi connectivity index (χ1v) is 6.21. The summed E-state index contributed by atoms with van der Waals surface area (Å²) in [5.41, 5.74) is 4.12. The van der Waals surface area contributed by atoms with Gasteiger partial charge in [0.15, 0.2) is 0 Å². The van der Waals surface area contributed by atoms with E-state index in [0.29, 0.717) is 0 Å². The molecular formula is C14H24N2. The Morgan fingerprint density at radius 2 is 1.69 bits per heavy atom. The van der Waals surface area contributed by atoms with Gasteiger partial charge in [0, 0.05) is 19.6 Å². The quantitative estimate of drug-likeness (QED) is 0.690. The van der Waals surface area contributed by atoms with Gasteiger partial charge in [-0.25, -0.2) is 0 Å². The number of hydrogen-bond donors (Lipinski definition) is 2. The summed E-state index contributed by atoms with van der Waals surface area (Å²) in [5, 5.41) is 6.82. The summed E-state index contributed by atoms with van der Waals surface area (Å²) in [5.74, 6) is 0. The molecule has 0 saturated carbocycles. The largest absolute Gasteiger partial charge is 0.315 e. The monoisotopic (exact) mass is 220 g/mol. The minimum absolute atomic E-state index is 0.967. The molecule has 0 aromatic heterocycles. The van der Waals surface area contributed by atoms with Gasteiger partial charge in [0.05, 0.1) is 0 Å². The van der Waals surface area contributed by atoms with E-state index in [4.69, 9.17) is 0 Å². The fourth-order valence-electron chi connectivity index (χ4n) is 1.62. The lowest BCUT2D eigenvalue weighted by Crippen LogP contribution is -2.27. The molecule has 0 amide bonds. The normalized spacial score (nSPS) is 10.7. The fourth-order valence-corrected chi connectivity index (χ4v) is 1.62. The molecule has 0 aliphatic carbocycles. The molecule has 0 spiro atoms. The maximum absolute atomic E-state index is 3.44. The third kappa shape index (κ3) is 4.77. The van der Waals surface area contributed by atoms with E-state index in [-0.39, 0.29) is 0 Å². The first kappa shape index (κ1) is 13.2. The topological polar surface area (TPSA) is 24.1 Å². The highest BCUT2D eigenvalue weighted by Crippen LogP contribution is 2.09. The number of benzene rings is 1. The van der Waals surface area contributed by atoms with E-state index >= 15 is 0 Å². The predicted molar refractivity (Wildman–Crippen MR) is 70.8 cm³/mol. The van der Waals surface area contributed by atoms with Crippen molar-refractivity contribution in [1.82, 2.24) is 10.6 Å². The molecule has 1 rings (SSSR count). The zero-order valence-electron chi connectivity index (χ0n) is 10.8. The Morgan fingerprint density at radius 3 is 2.38 bits per heavy atom. The van der Waals surface area contributed by atoms with Gasteiger partial charge in [-0.3, -0.25) is 0 Å². The van der Waals surface area contributed by atoms with Crippen molar-refractivity contribution in [2.24, 2.45) is 0 Å². The molecule has 0 unspecified atom stereocenters. The Bertz CT molecular complexity index is 308. The molecule has 16 heavy (non-hydrogen) atoms. The van der Waals surface area contributed by atoms with E-state index < -0.39 is 0 Å². The molecule has 2 nitrogen and oxygen atoms in total. The average molecular weight is 220 g/mol. The lowest BCUT2D eigenvalue weighted by Gasteiger charge is -2.07. The van der Waals surface area contributed by atoms with Gasteiger partial charge in [-0.15, -0.1) is 0 Å². The molecular weight excluding hydrogens is 196 g/mol. The van der Waals surface area contributed by atoms with Crippen molar-refractivity contribution >= 4 is 0 Å². The van der Waals surface area contributed by atoms with E-state index in [9.17, 15) is 0 Å². The van der Waals surface area contributed by atoms with Crippen LogP contribution in [-0.2, 0) is 6.54 Å². The first-order chi connectivity index (χ1) is 7.74. The van der Waals surface area contributed by atoms with Gasteiger partial charge in [0.25, 0.3) is 0 Å². The van der Waals surface area contributed by atoms with Crippen molar-refractivity contribution < 1.29 is 0 Å². The Kier molecular flexibility index (Phi) is 6.12. The predicted octanol–water partition coefficient (Wildman–Crippen LogP) is 2.39. The van der Waals surface area contributed by atoms with E-state index in [0.717, 1.165) is 26.2 Å². The Balaban J connectivity index is 2.19. The van der Waals surface area contributed by atoms with Crippen LogP contribution in [0.4, 0.5) is 0 Å². The molecule has 0 aliphatic rings. The van der Waals surface area contributed by atoms with Gasteiger partial charge >= 0.3 is 0 Å². The highest BCUT2D eigenvalue weighted by atomic mass is 14.9. The summed E-state index contributed by atoms with van der Waals surface area (Å²) in [6.07, 6.45) is 1.21. The van der Waals surface area contributed by atoms with Crippen molar-refractivity contribution in [3.05, 3.63) is 34.9 Å². The SMILES string of the molecule is CCCNCCNCc1ccc(C)c(C)c1. The third-order valence-electron chi connectivity index (χ3n) is 2.81. The van der Waals surface area contributed by atoms with Crippen molar-refractivity contribution in [3.8, 4) is 0 Å². The van der Waals surface area contributed by atoms with Crippen LogP contribution in [0.15, 0.2) is 18.2 Å². The average Bonchev–Trinajstić information content (AvgIpc) is 2.28. The lowest BCUT2D eigenvalue weighted by molar-refractivity contribution is 0.606. The van der Waals surface area contributed by atoms with Gasteiger partial charge in [0.2, 0.25) is 0 Å². The Labute approximate surface area is 99.5 Å². The van der Waals surface area contributed by atoms with E-state index in [1.54, 1.807) is 0 Å². The van der Waals surface area contributed by atoms with Crippen molar-refractivity contribution in [1.29, 1.82) is 0 Å². The highest BCUT2D eigenvalue weighted by Gasteiger charge is 1.95. The molecule has 0 fully saturated rings. The number of hydrogen-bond acceptors (Lipinski definition) is 2. The molecule has 0 atom stereocenters. The number of nitrogens with one attached hydrogen (secondary N) is 2. The molecule has 0 aliphatic heterocycles. The van der Waals surface area contributed by atoms with Crippen LogP contribution >= 0.6 is 0 Å². The zero-order chi connectivity index (χ0) is 11.8. The highest BCUT2D eigenvalue weighted by molar-refractivity contribution is 5.29. The van der Waals surface area contributed by atoms with Gasteiger partial charge in [-0.2, -0.15) is 0 Å². The second kappa shape index (κ2) is 7.42. The smallest absolute Gasteiger partial charge is 0.0206 e. The lowest BCUT2D eigenvalue weighted by atomic mass is 10.1. The van der Waals surface area contributed by atoms with Crippen molar-refractivity contribution in [2.45, 2.75) is 33.7 Å². The summed E-state index contributed by atoms with van der Waals surface area (Å²) >= 11 is 0. The molecule has 2 N–H and O–H groups in total. The van der Waals surface area contributed by atoms with Gasteiger partial charge in [0.1, 0.15) is 0 Å². The van der Waals surface area contributed by atoms with E-state index in [1.807, 2.05) is 0 Å². The zero-order valence-corrected chi connectivity index (χ0v) is 10.8. The maximum atomic E-state index is 3.44. The molecule has 0 radical (unpaired) electrons. The van der Waals surface area contributed by atoms with Crippen LogP contribution < -0.4 is 10.6 Å². The van der Waals surface area contributed by atoms with Gasteiger partial charge in [-0.05, 0) is 43.5 Å².